The molecule has 24 heavy (non-hydrogen) atoms. The lowest BCUT2D eigenvalue weighted by Crippen LogP contribution is -2.43. The summed E-state index contributed by atoms with van der Waals surface area (Å²) < 4.78 is 5.17. The molecule has 0 saturated heterocycles. The standard InChI is InChI=1S/C18H23N3O3/c19-20-12-17(22)16(11-14-7-3-1-4-8-14)21-18(23)24-13-15-9-5-2-6-10-15/h2,5-6,9-10,12,14,16H,1,3-4,7-8,11,13H2,(H,21,23). The average molecular weight is 329 g/mol. The van der Waals surface area contributed by atoms with Crippen LogP contribution in [0.3, 0.4) is 0 Å². The number of nitrogens with one attached hydrogen (secondary N) is 1. The molecule has 0 bridgehead atoms. The van der Waals surface area contributed by atoms with Gasteiger partial charge in [0.2, 0.25) is 0 Å². The van der Waals surface area contributed by atoms with Crippen molar-refractivity contribution in [1.29, 1.82) is 0 Å². The molecule has 128 valence electrons. The first-order valence-electron chi connectivity index (χ1n) is 8.37. The van der Waals surface area contributed by atoms with Crippen LogP contribution in [0.5, 0.6) is 0 Å². The third kappa shape index (κ3) is 5.97. The number of carbonyl (C=O) groups excluding carboxylic acids is 2. The fourth-order valence-corrected chi connectivity index (χ4v) is 3.06. The largest absolute Gasteiger partial charge is 0.445 e. The van der Waals surface area contributed by atoms with Gasteiger partial charge in [0.25, 0.3) is 5.78 Å². The van der Waals surface area contributed by atoms with E-state index in [1.807, 2.05) is 30.3 Å². The fourth-order valence-electron chi connectivity index (χ4n) is 3.06. The van der Waals surface area contributed by atoms with Gasteiger partial charge in [-0.3, -0.25) is 4.79 Å². The maximum absolute atomic E-state index is 12.0. The molecule has 1 aliphatic rings. The summed E-state index contributed by atoms with van der Waals surface area (Å²) in [5.74, 6) is -0.0195. The molecule has 6 nitrogen and oxygen atoms in total. The Morgan fingerprint density at radius 2 is 1.96 bits per heavy atom. The summed E-state index contributed by atoms with van der Waals surface area (Å²) >= 11 is 0. The van der Waals surface area contributed by atoms with Gasteiger partial charge >= 0.3 is 12.3 Å². The first-order chi connectivity index (χ1) is 11.7. The van der Waals surface area contributed by atoms with Crippen LogP contribution in [0.15, 0.2) is 30.3 Å². The Balaban J connectivity index is 1.89. The second-order valence-corrected chi connectivity index (χ2v) is 6.15. The van der Waals surface area contributed by atoms with E-state index in [2.05, 4.69) is 10.1 Å². The van der Waals surface area contributed by atoms with Crippen molar-refractivity contribution >= 4 is 18.1 Å². The molecule has 0 heterocycles. The van der Waals surface area contributed by atoms with Gasteiger partial charge in [-0.25, -0.2) is 4.79 Å². The van der Waals surface area contributed by atoms with E-state index in [0.29, 0.717) is 12.3 Å². The smallest absolute Gasteiger partial charge is 0.408 e. The van der Waals surface area contributed by atoms with Crippen molar-refractivity contribution in [3.8, 4) is 0 Å². The molecule has 0 radical (unpaired) electrons. The van der Waals surface area contributed by atoms with E-state index in [4.69, 9.17) is 10.3 Å². The lowest BCUT2D eigenvalue weighted by atomic mass is 9.84. The summed E-state index contributed by atoms with van der Waals surface area (Å²) in [4.78, 5) is 26.8. The highest BCUT2D eigenvalue weighted by Crippen LogP contribution is 2.27. The van der Waals surface area contributed by atoms with Crippen molar-refractivity contribution in [3.63, 3.8) is 0 Å². The number of alkyl carbamates (subject to hydrolysis) is 1. The zero-order valence-electron chi connectivity index (χ0n) is 13.7. The number of ketones is 1. The van der Waals surface area contributed by atoms with Crippen molar-refractivity contribution in [2.45, 2.75) is 51.2 Å². The molecular formula is C18H23N3O3. The lowest BCUT2D eigenvalue weighted by molar-refractivity contribution is -0.118. The SMILES string of the molecule is [N-]=[N+]=CC(=O)C(CC1CCCCC1)NC(=O)OCc1ccccc1. The van der Waals surface area contributed by atoms with Crippen LogP contribution in [0.4, 0.5) is 4.79 Å². The Bertz CT molecular complexity index is 591. The summed E-state index contributed by atoms with van der Waals surface area (Å²) in [6.07, 6.45) is 6.38. The normalized spacial score (nSPS) is 15.8. The summed E-state index contributed by atoms with van der Waals surface area (Å²) in [7, 11) is 0. The Morgan fingerprint density at radius 3 is 2.62 bits per heavy atom. The maximum Gasteiger partial charge on any atom is 0.408 e. The minimum Gasteiger partial charge on any atom is -0.445 e. The summed E-state index contributed by atoms with van der Waals surface area (Å²) in [5.41, 5.74) is 9.46. The Labute approximate surface area is 141 Å². The monoisotopic (exact) mass is 329 g/mol. The summed E-state index contributed by atoms with van der Waals surface area (Å²) in [6.45, 7) is 0.144. The second-order valence-electron chi connectivity index (χ2n) is 6.15. The highest BCUT2D eigenvalue weighted by atomic mass is 16.5. The number of nitrogens with zero attached hydrogens (tertiary/aromatic N) is 2. The molecule has 1 aromatic rings. The van der Waals surface area contributed by atoms with Crippen LogP contribution in [0, 0.1) is 5.92 Å². The van der Waals surface area contributed by atoms with Crippen molar-refractivity contribution in [3.05, 3.63) is 41.4 Å². The Hall–Kier alpha value is -2.46. The van der Waals surface area contributed by atoms with Crippen LogP contribution in [-0.4, -0.2) is 28.9 Å². The zero-order chi connectivity index (χ0) is 17.2. The fraction of sp³-hybridized carbons (Fsp3) is 0.500. The van der Waals surface area contributed by atoms with Gasteiger partial charge < -0.3 is 15.6 Å². The molecule has 2 rings (SSSR count). The van der Waals surface area contributed by atoms with Gasteiger partial charge in [-0.1, -0.05) is 62.4 Å². The van der Waals surface area contributed by atoms with Crippen LogP contribution in [0.1, 0.15) is 44.1 Å². The number of benzene rings is 1. The summed E-state index contributed by atoms with van der Waals surface area (Å²) in [6, 6.07) is 8.61. The quantitative estimate of drug-likeness (QED) is 0.473. The molecule has 1 amide bonds. The van der Waals surface area contributed by atoms with Crippen LogP contribution < -0.4 is 5.32 Å². The topological polar surface area (TPSA) is 91.8 Å². The average Bonchev–Trinajstić information content (AvgIpc) is 2.61. The van der Waals surface area contributed by atoms with Crippen LogP contribution in [-0.2, 0) is 16.1 Å². The number of amides is 1. The van der Waals surface area contributed by atoms with Crippen molar-refractivity contribution in [1.82, 2.24) is 5.32 Å². The van der Waals surface area contributed by atoms with Crippen molar-refractivity contribution < 1.29 is 19.1 Å². The molecule has 1 unspecified atom stereocenters. The van der Waals surface area contributed by atoms with Gasteiger partial charge in [0.1, 0.15) is 12.6 Å². The molecular weight excluding hydrogens is 306 g/mol. The third-order valence-electron chi connectivity index (χ3n) is 4.33. The van der Waals surface area contributed by atoms with E-state index in [1.54, 1.807) is 0 Å². The van der Waals surface area contributed by atoms with Gasteiger partial charge in [0, 0.05) is 0 Å². The van der Waals surface area contributed by atoms with Crippen LogP contribution in [0.2, 0.25) is 0 Å². The van der Waals surface area contributed by atoms with E-state index in [-0.39, 0.29) is 6.61 Å². The Morgan fingerprint density at radius 1 is 1.25 bits per heavy atom. The van der Waals surface area contributed by atoms with E-state index < -0.39 is 17.9 Å². The zero-order valence-corrected chi connectivity index (χ0v) is 13.7. The highest BCUT2D eigenvalue weighted by molar-refractivity contribution is 6.28. The lowest BCUT2D eigenvalue weighted by Gasteiger charge is -2.25. The van der Waals surface area contributed by atoms with E-state index in [1.165, 1.54) is 6.42 Å². The second kappa shape index (κ2) is 9.63. The molecule has 1 saturated carbocycles. The minimum atomic E-state index is -0.715. The van der Waals surface area contributed by atoms with Crippen LogP contribution >= 0.6 is 0 Å². The molecule has 1 atom stereocenters. The molecule has 1 fully saturated rings. The number of hydrogen-bond acceptors (Lipinski definition) is 3. The van der Waals surface area contributed by atoms with Gasteiger partial charge in [-0.2, -0.15) is 4.79 Å². The van der Waals surface area contributed by atoms with Crippen molar-refractivity contribution in [2.24, 2.45) is 5.92 Å². The van der Waals surface area contributed by atoms with Crippen LogP contribution in [0.25, 0.3) is 5.53 Å². The van der Waals surface area contributed by atoms with Gasteiger partial charge in [-0.15, -0.1) is 0 Å². The maximum atomic E-state index is 12.0. The molecule has 0 aromatic heterocycles. The predicted octanol–water partition coefficient (Wildman–Crippen LogP) is 3.12. The number of rotatable bonds is 7. The number of hydrogen-bond donors (Lipinski definition) is 1. The third-order valence-corrected chi connectivity index (χ3v) is 4.33. The first kappa shape index (κ1) is 17.9. The van der Waals surface area contributed by atoms with Gasteiger partial charge in [-0.05, 0) is 17.9 Å². The molecule has 1 aliphatic carbocycles. The number of carbonyl (C=O) groups is 2. The number of Topliss-reactive ketones (excluding diaryl/α,β-unsaturated/α-hetero) is 1. The highest BCUT2D eigenvalue weighted by Gasteiger charge is 2.27. The molecule has 0 spiro atoms. The van der Waals surface area contributed by atoms with E-state index >= 15 is 0 Å². The summed E-state index contributed by atoms with van der Waals surface area (Å²) in [5, 5.41) is 2.61. The molecule has 6 heteroatoms. The van der Waals surface area contributed by atoms with Gasteiger partial charge in [0.15, 0.2) is 0 Å². The minimum absolute atomic E-state index is 0.144. The van der Waals surface area contributed by atoms with E-state index in [0.717, 1.165) is 37.5 Å². The number of ether oxygens (including phenoxy) is 1. The first-order valence-corrected chi connectivity index (χ1v) is 8.37. The molecule has 1 N–H and O–H groups in total. The molecule has 0 aliphatic heterocycles. The predicted molar refractivity (Wildman–Crippen MR) is 89.4 cm³/mol. The van der Waals surface area contributed by atoms with Gasteiger partial charge in [0.05, 0.1) is 0 Å². The Kier molecular flexibility index (Phi) is 7.18. The molecule has 1 aromatic carbocycles. The van der Waals surface area contributed by atoms with Crippen molar-refractivity contribution in [2.75, 3.05) is 0 Å². The van der Waals surface area contributed by atoms with E-state index in [9.17, 15) is 9.59 Å².